The van der Waals surface area contributed by atoms with Gasteiger partial charge in [-0.3, -0.25) is 4.79 Å². The zero-order valence-electron chi connectivity index (χ0n) is 12.6. The molecule has 0 aromatic carbocycles. The first-order chi connectivity index (χ1) is 11.2. The second kappa shape index (κ2) is 8.10. The molecule has 0 aliphatic rings. The largest absolute Gasteiger partial charge is 0.350 e. The van der Waals surface area contributed by atoms with Crippen LogP contribution in [-0.2, 0) is 5.75 Å². The maximum atomic E-state index is 12.3. The smallest absolute Gasteiger partial charge is 0.263 e. The summed E-state index contributed by atoms with van der Waals surface area (Å²) < 4.78 is 0. The predicted octanol–water partition coefficient (Wildman–Crippen LogP) is 4.90. The van der Waals surface area contributed by atoms with Gasteiger partial charge in [0.1, 0.15) is 9.88 Å². The Hall–Kier alpha value is -1.15. The number of carbonyl (C=O) groups is 1. The molecule has 0 bridgehead atoms. The standard InChI is InChI=1S/C16H16N2OS4/c1-11-14(23-16(18-11)13-3-6-21-10-13)15(19)17-4-7-22-9-12-2-5-20-8-12/h2-3,5-6,8,10H,4,7,9H2,1H3,(H,17,19). The summed E-state index contributed by atoms with van der Waals surface area (Å²) in [5.74, 6) is 1.90. The van der Waals surface area contributed by atoms with Crippen molar-refractivity contribution in [1.29, 1.82) is 0 Å². The van der Waals surface area contributed by atoms with Crippen LogP contribution in [0.1, 0.15) is 20.9 Å². The zero-order chi connectivity index (χ0) is 16.1. The molecule has 0 spiro atoms. The van der Waals surface area contributed by atoms with Crippen LogP contribution in [0.5, 0.6) is 0 Å². The highest BCUT2D eigenvalue weighted by Crippen LogP contribution is 2.29. The second-order valence-corrected chi connectivity index (χ2v) is 8.55. The summed E-state index contributed by atoms with van der Waals surface area (Å²) in [6, 6.07) is 4.18. The Morgan fingerprint density at radius 3 is 2.83 bits per heavy atom. The van der Waals surface area contributed by atoms with E-state index < -0.39 is 0 Å². The Kier molecular flexibility index (Phi) is 5.88. The lowest BCUT2D eigenvalue weighted by Crippen LogP contribution is -2.25. The molecule has 0 aliphatic heterocycles. The van der Waals surface area contributed by atoms with Crippen molar-refractivity contribution in [3.8, 4) is 10.6 Å². The average Bonchev–Trinajstić information content (AvgIpc) is 3.28. The lowest BCUT2D eigenvalue weighted by atomic mass is 10.3. The number of hydrogen-bond donors (Lipinski definition) is 1. The summed E-state index contributed by atoms with van der Waals surface area (Å²) in [6.07, 6.45) is 0. The van der Waals surface area contributed by atoms with Crippen molar-refractivity contribution in [2.75, 3.05) is 12.3 Å². The van der Waals surface area contributed by atoms with Gasteiger partial charge in [0, 0.05) is 29.0 Å². The first kappa shape index (κ1) is 16.7. The van der Waals surface area contributed by atoms with E-state index in [1.807, 2.05) is 30.1 Å². The van der Waals surface area contributed by atoms with Crippen LogP contribution in [-0.4, -0.2) is 23.2 Å². The molecule has 0 saturated carbocycles. The third-order valence-electron chi connectivity index (χ3n) is 3.15. The molecular formula is C16H16N2OS4. The van der Waals surface area contributed by atoms with E-state index in [4.69, 9.17) is 0 Å². The average molecular weight is 381 g/mol. The quantitative estimate of drug-likeness (QED) is 0.593. The van der Waals surface area contributed by atoms with E-state index in [0.29, 0.717) is 11.4 Å². The Morgan fingerprint density at radius 2 is 2.09 bits per heavy atom. The monoisotopic (exact) mass is 380 g/mol. The van der Waals surface area contributed by atoms with Gasteiger partial charge < -0.3 is 5.32 Å². The van der Waals surface area contributed by atoms with E-state index in [0.717, 1.165) is 27.8 Å². The number of nitrogens with one attached hydrogen (secondary N) is 1. The number of aryl methyl sites for hydroxylation is 1. The van der Waals surface area contributed by atoms with Gasteiger partial charge in [-0.05, 0) is 40.8 Å². The fourth-order valence-electron chi connectivity index (χ4n) is 2.00. The summed E-state index contributed by atoms with van der Waals surface area (Å²) in [5.41, 5.74) is 3.25. The van der Waals surface area contributed by atoms with Crippen LogP contribution in [0.25, 0.3) is 10.6 Å². The molecule has 3 aromatic heterocycles. The minimum atomic E-state index is -0.0161. The number of nitrogens with zero attached hydrogens (tertiary/aromatic N) is 1. The number of thiophene rings is 2. The van der Waals surface area contributed by atoms with Crippen molar-refractivity contribution in [2.45, 2.75) is 12.7 Å². The van der Waals surface area contributed by atoms with Gasteiger partial charge in [-0.1, -0.05) is 0 Å². The second-order valence-electron chi connectivity index (χ2n) is 4.89. The molecule has 0 fully saturated rings. The van der Waals surface area contributed by atoms with Gasteiger partial charge in [-0.25, -0.2) is 4.98 Å². The summed E-state index contributed by atoms with van der Waals surface area (Å²) in [5, 5.41) is 12.3. The minimum Gasteiger partial charge on any atom is -0.350 e. The van der Waals surface area contributed by atoms with Gasteiger partial charge >= 0.3 is 0 Å². The molecule has 3 nitrogen and oxygen atoms in total. The van der Waals surface area contributed by atoms with Crippen molar-refractivity contribution in [3.05, 3.63) is 49.8 Å². The normalized spacial score (nSPS) is 10.8. The van der Waals surface area contributed by atoms with Crippen molar-refractivity contribution < 1.29 is 4.79 Å². The van der Waals surface area contributed by atoms with E-state index in [9.17, 15) is 4.79 Å². The van der Waals surface area contributed by atoms with Crippen molar-refractivity contribution >= 4 is 51.7 Å². The number of thiazole rings is 1. The number of carbonyl (C=O) groups excluding carboxylic acids is 1. The lowest BCUT2D eigenvalue weighted by Gasteiger charge is -2.03. The Morgan fingerprint density at radius 1 is 1.26 bits per heavy atom. The molecule has 3 rings (SSSR count). The van der Waals surface area contributed by atoms with E-state index in [-0.39, 0.29) is 5.91 Å². The predicted molar refractivity (Wildman–Crippen MR) is 103 cm³/mol. The van der Waals surface area contributed by atoms with Crippen LogP contribution >= 0.6 is 45.8 Å². The van der Waals surface area contributed by atoms with Crippen LogP contribution in [0.15, 0.2) is 33.7 Å². The lowest BCUT2D eigenvalue weighted by molar-refractivity contribution is 0.0959. The molecule has 0 saturated heterocycles. The molecule has 3 heterocycles. The molecule has 1 amide bonds. The summed E-state index contributed by atoms with van der Waals surface area (Å²) >= 11 is 6.66. The molecule has 0 unspecified atom stereocenters. The van der Waals surface area contributed by atoms with Crippen molar-refractivity contribution in [3.63, 3.8) is 0 Å². The highest BCUT2D eigenvalue weighted by molar-refractivity contribution is 7.98. The molecule has 0 atom stereocenters. The molecule has 3 aromatic rings. The minimum absolute atomic E-state index is 0.0161. The van der Waals surface area contributed by atoms with E-state index in [1.54, 1.807) is 22.7 Å². The third kappa shape index (κ3) is 4.44. The molecule has 1 N–H and O–H groups in total. The third-order valence-corrected chi connectivity index (χ3v) is 6.80. The van der Waals surface area contributed by atoms with Crippen LogP contribution in [0.2, 0.25) is 0 Å². The van der Waals surface area contributed by atoms with Crippen LogP contribution in [0.4, 0.5) is 0 Å². The van der Waals surface area contributed by atoms with Crippen molar-refractivity contribution in [1.82, 2.24) is 10.3 Å². The summed E-state index contributed by atoms with van der Waals surface area (Å²) in [6.45, 7) is 2.57. The molecule has 120 valence electrons. The zero-order valence-corrected chi connectivity index (χ0v) is 15.8. The Bertz CT molecular complexity index is 747. The number of hydrogen-bond acceptors (Lipinski definition) is 6. The number of rotatable bonds is 7. The fraction of sp³-hybridized carbons (Fsp3) is 0.250. The highest BCUT2D eigenvalue weighted by atomic mass is 32.2. The number of aromatic nitrogens is 1. The van der Waals surface area contributed by atoms with Gasteiger partial charge in [0.25, 0.3) is 5.91 Å². The van der Waals surface area contributed by atoms with Gasteiger partial charge in [-0.2, -0.15) is 34.4 Å². The SMILES string of the molecule is Cc1nc(-c2ccsc2)sc1C(=O)NCCSCc1ccsc1. The molecule has 0 radical (unpaired) electrons. The maximum absolute atomic E-state index is 12.3. The highest BCUT2D eigenvalue weighted by Gasteiger charge is 2.15. The van der Waals surface area contributed by atoms with E-state index in [2.05, 4.69) is 32.5 Å². The fourth-order valence-corrected chi connectivity index (χ4v) is 5.27. The summed E-state index contributed by atoms with van der Waals surface area (Å²) in [4.78, 5) is 17.5. The van der Waals surface area contributed by atoms with Gasteiger partial charge in [-0.15, -0.1) is 11.3 Å². The van der Waals surface area contributed by atoms with Crippen molar-refractivity contribution in [2.24, 2.45) is 0 Å². The Labute approximate surface area is 151 Å². The number of amides is 1. The number of thioether (sulfide) groups is 1. The van der Waals surface area contributed by atoms with Crippen LogP contribution in [0, 0.1) is 6.92 Å². The van der Waals surface area contributed by atoms with Gasteiger partial charge in [0.05, 0.1) is 5.69 Å². The molecular weight excluding hydrogens is 364 g/mol. The summed E-state index contributed by atoms with van der Waals surface area (Å²) in [7, 11) is 0. The van der Waals surface area contributed by atoms with Crippen LogP contribution < -0.4 is 5.32 Å². The topological polar surface area (TPSA) is 42.0 Å². The molecule has 0 aliphatic carbocycles. The Balaban J connectivity index is 1.48. The first-order valence-corrected chi connectivity index (χ1v) is 11.0. The van der Waals surface area contributed by atoms with Gasteiger partial charge in [0.15, 0.2) is 0 Å². The van der Waals surface area contributed by atoms with E-state index >= 15 is 0 Å². The van der Waals surface area contributed by atoms with Crippen LogP contribution in [0.3, 0.4) is 0 Å². The molecule has 7 heteroatoms. The van der Waals surface area contributed by atoms with Gasteiger partial charge in [0.2, 0.25) is 0 Å². The maximum Gasteiger partial charge on any atom is 0.263 e. The molecule has 23 heavy (non-hydrogen) atoms. The first-order valence-electron chi connectivity index (χ1n) is 7.11. The van der Waals surface area contributed by atoms with E-state index in [1.165, 1.54) is 16.9 Å².